The Bertz CT molecular complexity index is 1250. The van der Waals surface area contributed by atoms with Crippen molar-refractivity contribution in [3.05, 3.63) is 23.9 Å². The van der Waals surface area contributed by atoms with E-state index < -0.39 is 40.5 Å². The second-order valence-electron chi connectivity index (χ2n) is 7.18. The third-order valence-electron chi connectivity index (χ3n) is 5.05. The molecule has 4 heterocycles. The van der Waals surface area contributed by atoms with E-state index in [1.807, 2.05) is 0 Å². The molecule has 0 amide bonds. The van der Waals surface area contributed by atoms with Crippen LogP contribution in [0.15, 0.2) is 23.5 Å². The van der Waals surface area contributed by atoms with Crippen molar-refractivity contribution in [2.24, 2.45) is 0 Å². The molecule has 1 aliphatic rings. The molecule has 0 aliphatic carbocycles. The van der Waals surface area contributed by atoms with Crippen molar-refractivity contribution < 1.29 is 28.5 Å². The van der Waals surface area contributed by atoms with Crippen LogP contribution in [0, 0.1) is 0 Å². The van der Waals surface area contributed by atoms with E-state index in [9.17, 15) is 23.7 Å². The van der Waals surface area contributed by atoms with Gasteiger partial charge in [0.05, 0.1) is 16.9 Å². The van der Waals surface area contributed by atoms with Gasteiger partial charge in [0.25, 0.3) is 0 Å². The molecule has 1 unspecified atom stereocenters. The van der Waals surface area contributed by atoms with Crippen LogP contribution in [0.5, 0.6) is 0 Å². The number of hydrogen-bond acceptors (Lipinski definition) is 8. The van der Waals surface area contributed by atoms with Gasteiger partial charge >= 0.3 is 0 Å². The number of aliphatic hydroxyl groups is 3. The van der Waals surface area contributed by atoms with Crippen molar-refractivity contribution in [2.75, 3.05) is 12.9 Å². The fourth-order valence-electron chi connectivity index (χ4n) is 3.67. The Hall–Kier alpha value is -2.31. The van der Waals surface area contributed by atoms with Crippen molar-refractivity contribution in [1.82, 2.24) is 19.5 Å². The highest BCUT2D eigenvalue weighted by Gasteiger charge is 2.53. The molecule has 3 aromatic rings. The predicted octanol–water partition coefficient (Wildman–Crippen LogP) is -0.991. The van der Waals surface area contributed by atoms with Crippen LogP contribution in [0.3, 0.4) is 0 Å². The van der Waals surface area contributed by atoms with E-state index in [0.717, 1.165) is 6.26 Å². The van der Waals surface area contributed by atoms with Crippen LogP contribution >= 0.6 is 0 Å². The van der Waals surface area contributed by atoms with Crippen molar-refractivity contribution in [3.8, 4) is 0 Å². The summed E-state index contributed by atoms with van der Waals surface area (Å²) in [5.41, 5.74) is -1.10. The summed E-state index contributed by atoms with van der Waals surface area (Å²) in [5, 5.41) is 31.6. The number of nitrogens with one attached hydrogen (secondary N) is 1. The molecule has 1 fully saturated rings. The zero-order valence-corrected chi connectivity index (χ0v) is 16.0. The minimum Gasteiger partial charge on any atom is -0.394 e. The molecule has 4 rings (SSSR count). The number of H-pyrrole nitrogens is 1. The molecule has 0 radical (unpaired) electrons. The number of ether oxygens (including phenoxy) is 1. The fourth-order valence-corrected chi connectivity index (χ4v) is 4.58. The lowest BCUT2D eigenvalue weighted by molar-refractivity contribution is -0.0947. The number of nitrogens with zero attached hydrogens (tertiary/aromatic N) is 3. The molecule has 4 N–H and O–H groups in total. The van der Waals surface area contributed by atoms with E-state index in [1.165, 1.54) is 30.1 Å². The number of aliphatic hydroxyl groups excluding tert-OH is 2. The molecule has 0 saturated carbocycles. The number of aromatic amines is 1. The number of hydrogen-bond donors (Lipinski definition) is 4. The third kappa shape index (κ3) is 2.66. The summed E-state index contributed by atoms with van der Waals surface area (Å²) < 4.78 is 31.9. The Morgan fingerprint density at radius 2 is 2.14 bits per heavy atom. The Balaban J connectivity index is 2.10. The van der Waals surface area contributed by atoms with Crippen molar-refractivity contribution in [1.29, 1.82) is 0 Å². The first-order valence-corrected chi connectivity index (χ1v) is 10.3. The second-order valence-corrected chi connectivity index (χ2v) is 9.17. The van der Waals surface area contributed by atoms with Crippen LogP contribution in [0.2, 0.25) is 0 Å². The summed E-state index contributed by atoms with van der Waals surface area (Å²) in [4.78, 5) is 11.4. The molecule has 4 atom stereocenters. The summed E-state index contributed by atoms with van der Waals surface area (Å²) in [6, 6.07) is 1.40. The maximum Gasteiger partial charge on any atom is 0.176 e. The van der Waals surface area contributed by atoms with Gasteiger partial charge in [-0.3, -0.25) is 0 Å². The maximum atomic E-state index is 12.4. The van der Waals surface area contributed by atoms with Gasteiger partial charge in [0.15, 0.2) is 16.1 Å². The van der Waals surface area contributed by atoms with Crippen LogP contribution in [0.1, 0.15) is 13.2 Å². The molecule has 1 saturated heterocycles. The van der Waals surface area contributed by atoms with Crippen LogP contribution in [0.4, 0.5) is 0 Å². The van der Waals surface area contributed by atoms with Gasteiger partial charge in [-0.1, -0.05) is 6.58 Å². The minimum atomic E-state index is -3.64. The van der Waals surface area contributed by atoms with Gasteiger partial charge in [0.1, 0.15) is 35.4 Å². The number of aromatic nitrogens is 4. The van der Waals surface area contributed by atoms with Crippen LogP contribution in [0.25, 0.3) is 28.6 Å². The van der Waals surface area contributed by atoms with Crippen molar-refractivity contribution in [2.45, 2.75) is 35.9 Å². The zero-order valence-electron chi connectivity index (χ0n) is 15.2. The number of sulfone groups is 1. The summed E-state index contributed by atoms with van der Waals surface area (Å²) >= 11 is 0. The average molecular weight is 408 g/mol. The van der Waals surface area contributed by atoms with Gasteiger partial charge in [-0.15, -0.1) is 0 Å². The normalized spacial score (nSPS) is 28.4. The summed E-state index contributed by atoms with van der Waals surface area (Å²) in [6.07, 6.45) is 0.396. The highest BCUT2D eigenvalue weighted by molar-refractivity contribution is 7.91. The molecule has 0 aromatic carbocycles. The summed E-state index contributed by atoms with van der Waals surface area (Å²) in [6.45, 7) is 4.69. The molecule has 28 heavy (non-hydrogen) atoms. The second kappa shape index (κ2) is 6.09. The summed E-state index contributed by atoms with van der Waals surface area (Å²) in [7, 11) is -3.64. The number of rotatable bonds is 3. The molecular weight excluding hydrogens is 388 g/mol. The molecular formula is C17H20N4O6S. The monoisotopic (exact) mass is 408 g/mol. The molecule has 0 spiro atoms. The van der Waals surface area contributed by atoms with Crippen LogP contribution < -0.4 is 5.35 Å². The van der Waals surface area contributed by atoms with E-state index in [1.54, 1.807) is 0 Å². The van der Waals surface area contributed by atoms with Crippen molar-refractivity contribution in [3.63, 3.8) is 0 Å². The van der Waals surface area contributed by atoms with Crippen molar-refractivity contribution >= 4 is 38.5 Å². The minimum absolute atomic E-state index is 0.0131. The van der Waals surface area contributed by atoms with E-state index in [2.05, 4.69) is 21.5 Å². The molecule has 11 heteroatoms. The van der Waals surface area contributed by atoms with E-state index in [-0.39, 0.29) is 4.90 Å². The lowest BCUT2D eigenvalue weighted by Crippen LogP contribution is -2.44. The van der Waals surface area contributed by atoms with Gasteiger partial charge in [0.2, 0.25) is 0 Å². The standard InChI is InChI=1S/C17H20N4O6S/c1-8-4-11(28(3,25)26)9-5-21(15-12(9)14(20-8)18-7-19-15)16-17(2,24)13(23)10(6-22)27-16/h4-5,7,10,13,16,22-24H,1,6H2,2-3H3,(H,18,19,20)/t10-,13-,16-,17?/m1/s1. The molecule has 150 valence electrons. The molecule has 1 aliphatic heterocycles. The maximum absolute atomic E-state index is 12.4. The highest BCUT2D eigenvalue weighted by Crippen LogP contribution is 2.41. The average Bonchev–Trinajstić information content (AvgIpc) is 3.02. The lowest BCUT2D eigenvalue weighted by atomic mass is 9.96. The van der Waals surface area contributed by atoms with Gasteiger partial charge in [0, 0.05) is 23.2 Å². The molecule has 0 bridgehead atoms. The smallest absolute Gasteiger partial charge is 0.176 e. The Morgan fingerprint density at radius 1 is 1.43 bits per heavy atom. The zero-order chi connectivity index (χ0) is 20.4. The van der Waals surface area contributed by atoms with E-state index in [4.69, 9.17) is 4.74 Å². The Morgan fingerprint density at radius 3 is 2.75 bits per heavy atom. The molecule has 10 nitrogen and oxygen atoms in total. The third-order valence-corrected chi connectivity index (χ3v) is 6.18. The summed E-state index contributed by atoms with van der Waals surface area (Å²) in [5.74, 6) is 0. The first kappa shape index (κ1) is 19.0. The largest absolute Gasteiger partial charge is 0.394 e. The van der Waals surface area contributed by atoms with Crippen LogP contribution in [-0.4, -0.2) is 73.9 Å². The quantitative estimate of drug-likeness (QED) is 0.431. The molecule has 3 aromatic heterocycles. The fraction of sp³-hybridized carbons (Fsp3) is 0.412. The predicted molar refractivity (Wildman–Crippen MR) is 99.7 cm³/mol. The van der Waals surface area contributed by atoms with E-state index in [0.29, 0.717) is 27.4 Å². The van der Waals surface area contributed by atoms with Gasteiger partial charge < -0.3 is 29.6 Å². The Labute approximate surface area is 159 Å². The Kier molecular flexibility index (Phi) is 4.14. The first-order chi connectivity index (χ1) is 13.1. The van der Waals surface area contributed by atoms with Gasteiger partial charge in [-0.2, -0.15) is 0 Å². The van der Waals surface area contributed by atoms with Gasteiger partial charge in [-0.05, 0) is 13.0 Å². The topological polar surface area (TPSA) is 151 Å². The lowest BCUT2D eigenvalue weighted by Gasteiger charge is -2.27. The van der Waals surface area contributed by atoms with E-state index >= 15 is 0 Å². The first-order valence-electron chi connectivity index (χ1n) is 8.46. The SMILES string of the molecule is C=c1cc(S(C)(=O)=O)c2cn([C@@H]3O[C@H](CO)[C@@H](O)C3(C)O)c3ncnc([nH]1)c23. The highest BCUT2D eigenvalue weighted by atomic mass is 32.2. The van der Waals surface area contributed by atoms with Crippen LogP contribution in [-0.2, 0) is 14.6 Å². The van der Waals surface area contributed by atoms with Gasteiger partial charge in [-0.25, -0.2) is 18.4 Å².